The van der Waals surface area contributed by atoms with Crippen molar-refractivity contribution in [2.45, 2.75) is 77.7 Å². The molecule has 1 fully saturated rings. The van der Waals surface area contributed by atoms with Crippen LogP contribution >= 0.6 is 7.82 Å². The van der Waals surface area contributed by atoms with Crippen molar-refractivity contribution in [2.24, 2.45) is 0 Å². The van der Waals surface area contributed by atoms with Crippen LogP contribution in [0.2, 0.25) is 0 Å². The second-order valence-electron chi connectivity index (χ2n) is 11.6. The molecule has 0 aliphatic carbocycles. The Bertz CT molecular complexity index is 1940. The van der Waals surface area contributed by atoms with Crippen LogP contribution in [0.25, 0.3) is 21.9 Å². The third-order valence-corrected chi connectivity index (χ3v) is 8.38. The number of imide groups is 1. The number of benzene rings is 2. The first-order chi connectivity index (χ1) is 22.8. The number of ketones is 1. The number of phosphoric ester groups is 1. The zero-order valence-corrected chi connectivity index (χ0v) is 27.1. The molecule has 0 atom stereocenters. The van der Waals surface area contributed by atoms with E-state index >= 15 is 0 Å². The number of nitrogens with two attached hydrogens (primary N) is 1. The van der Waals surface area contributed by atoms with Gasteiger partial charge in [0.05, 0.1) is 17.6 Å². The number of carbonyl (C=O) groups is 4. The van der Waals surface area contributed by atoms with Crippen LogP contribution in [0.3, 0.4) is 0 Å². The first kappa shape index (κ1) is 34.5. The minimum atomic E-state index is -4.83. The molecule has 15 nitrogen and oxygen atoms in total. The number of Topliss-reactive ketones (excluding diaryl/α,β-unsaturated/α-hetero) is 1. The lowest BCUT2D eigenvalue weighted by atomic mass is 10.0. The van der Waals surface area contributed by atoms with E-state index in [0.717, 1.165) is 23.8 Å². The van der Waals surface area contributed by atoms with Crippen LogP contribution in [-0.4, -0.2) is 58.1 Å². The molecule has 1 saturated heterocycles. The third kappa shape index (κ3) is 8.16. The predicted octanol–water partition coefficient (Wildman–Crippen LogP) is 4.01. The van der Waals surface area contributed by atoms with Gasteiger partial charge in [0.1, 0.15) is 28.6 Å². The molecule has 5 N–H and O–H groups in total. The molecule has 0 saturated carbocycles. The summed E-state index contributed by atoms with van der Waals surface area (Å²) in [6.07, 6.45) is 3.15. The van der Waals surface area contributed by atoms with Gasteiger partial charge in [0, 0.05) is 49.5 Å². The highest BCUT2D eigenvalue weighted by Gasteiger charge is 2.32. The minimum Gasteiger partial charge on any atom is -0.508 e. The monoisotopic (exact) mass is 681 g/mol. The number of rotatable bonds is 15. The number of unbranched alkanes of at least 4 members (excludes halogenated alkanes) is 1. The maximum Gasteiger partial charge on any atom is 0.524 e. The van der Waals surface area contributed by atoms with Crippen molar-refractivity contribution < 1.29 is 48.0 Å². The topological polar surface area (TPSA) is 224 Å². The van der Waals surface area contributed by atoms with Crippen molar-refractivity contribution in [2.75, 3.05) is 5.73 Å². The predicted molar refractivity (Wildman–Crippen MR) is 172 cm³/mol. The molecule has 2 aromatic carbocycles. The lowest BCUT2D eigenvalue weighted by Gasteiger charge is -2.14. The average Bonchev–Trinajstić information content (AvgIpc) is 3.55. The van der Waals surface area contributed by atoms with E-state index < -0.39 is 25.6 Å². The van der Waals surface area contributed by atoms with Crippen LogP contribution in [0.15, 0.2) is 36.4 Å². The number of hydroxylamine groups is 2. The van der Waals surface area contributed by atoms with Gasteiger partial charge in [-0.25, -0.2) is 19.3 Å². The summed E-state index contributed by atoms with van der Waals surface area (Å²) in [4.78, 5) is 80.7. The van der Waals surface area contributed by atoms with E-state index in [1.807, 2.05) is 23.6 Å². The van der Waals surface area contributed by atoms with Crippen LogP contribution < -0.4 is 10.3 Å². The second kappa shape index (κ2) is 14.5. The van der Waals surface area contributed by atoms with Crippen LogP contribution in [0.5, 0.6) is 11.5 Å². The highest BCUT2D eigenvalue weighted by Crippen LogP contribution is 2.39. The lowest BCUT2D eigenvalue weighted by molar-refractivity contribution is -0.197. The highest BCUT2D eigenvalue weighted by molar-refractivity contribution is 7.46. The quantitative estimate of drug-likeness (QED) is 0.103. The largest absolute Gasteiger partial charge is 0.524 e. The Morgan fingerprint density at radius 1 is 0.979 bits per heavy atom. The molecule has 1 aliphatic heterocycles. The number of hydrogen-bond donors (Lipinski definition) is 4. The summed E-state index contributed by atoms with van der Waals surface area (Å²) in [5.41, 5.74) is 9.26. The average molecular weight is 682 g/mol. The number of carbonyl (C=O) groups excluding carboxylic acids is 4. The van der Waals surface area contributed by atoms with Gasteiger partial charge in [0.15, 0.2) is 5.82 Å². The van der Waals surface area contributed by atoms with Crippen LogP contribution in [0.4, 0.5) is 5.82 Å². The van der Waals surface area contributed by atoms with E-state index in [1.165, 1.54) is 18.2 Å². The Morgan fingerprint density at radius 3 is 2.44 bits per heavy atom. The molecule has 0 bridgehead atoms. The molecule has 5 rings (SSSR count). The second-order valence-corrected chi connectivity index (χ2v) is 12.7. The molecule has 0 radical (unpaired) electrons. The highest BCUT2D eigenvalue weighted by atomic mass is 31.2. The summed E-state index contributed by atoms with van der Waals surface area (Å²) >= 11 is 0. The van der Waals surface area contributed by atoms with E-state index in [2.05, 4.69) is 4.98 Å². The molecule has 1 aliphatic rings. The van der Waals surface area contributed by atoms with Crippen molar-refractivity contribution in [3.05, 3.63) is 53.3 Å². The number of phosphoric acid groups is 1. The number of imidazole rings is 1. The van der Waals surface area contributed by atoms with Gasteiger partial charge in [-0.15, -0.1) is 5.06 Å². The number of fused-ring (bicyclic) bond motifs is 3. The van der Waals surface area contributed by atoms with Crippen LogP contribution in [-0.2, 0) is 48.0 Å². The number of aromatic hydroxyl groups is 1. The molecular weight excluding hydrogens is 645 g/mol. The van der Waals surface area contributed by atoms with E-state index in [1.54, 1.807) is 6.07 Å². The number of amides is 2. The summed E-state index contributed by atoms with van der Waals surface area (Å²) in [6, 6.07) is 9.48. The van der Waals surface area contributed by atoms with Crippen molar-refractivity contribution in [3.8, 4) is 11.5 Å². The fourth-order valence-corrected chi connectivity index (χ4v) is 5.94. The Kier molecular flexibility index (Phi) is 10.4. The summed E-state index contributed by atoms with van der Waals surface area (Å²) in [6.45, 7) is 2.13. The van der Waals surface area contributed by atoms with Crippen molar-refractivity contribution in [3.63, 3.8) is 0 Å². The maximum atomic E-state index is 12.7. The fraction of sp³-hybridized carbons (Fsp3) is 0.375. The van der Waals surface area contributed by atoms with Crippen LogP contribution in [0, 0.1) is 0 Å². The van der Waals surface area contributed by atoms with Gasteiger partial charge in [-0.1, -0.05) is 19.4 Å². The van der Waals surface area contributed by atoms with E-state index in [9.17, 15) is 38.6 Å². The minimum absolute atomic E-state index is 0.00536. The van der Waals surface area contributed by atoms with Crippen molar-refractivity contribution in [1.29, 1.82) is 0 Å². The van der Waals surface area contributed by atoms with Crippen molar-refractivity contribution >= 4 is 59.1 Å². The van der Waals surface area contributed by atoms with Gasteiger partial charge < -0.3 is 24.8 Å². The number of pyridine rings is 1. The summed E-state index contributed by atoms with van der Waals surface area (Å²) in [5, 5.41) is 11.9. The number of aromatic nitrogens is 3. The third-order valence-electron chi connectivity index (χ3n) is 7.93. The zero-order valence-electron chi connectivity index (χ0n) is 26.3. The Hall–Kier alpha value is -4.85. The van der Waals surface area contributed by atoms with E-state index in [0.29, 0.717) is 45.8 Å². The fourth-order valence-electron chi connectivity index (χ4n) is 5.55. The maximum absolute atomic E-state index is 12.7. The lowest BCUT2D eigenvalue weighted by Crippen LogP contribution is -2.32. The Balaban J connectivity index is 1.36. The van der Waals surface area contributed by atoms with Gasteiger partial charge >= 0.3 is 13.8 Å². The number of phenols is 1. The first-order valence-electron chi connectivity index (χ1n) is 15.6. The van der Waals surface area contributed by atoms with Crippen molar-refractivity contribution in [1.82, 2.24) is 19.6 Å². The molecule has 16 heteroatoms. The van der Waals surface area contributed by atoms with E-state index in [-0.39, 0.29) is 68.2 Å². The normalized spacial score (nSPS) is 13.5. The first-order valence-corrected chi connectivity index (χ1v) is 17.1. The molecule has 254 valence electrons. The molecule has 3 heterocycles. The molecule has 2 aromatic heterocycles. The Morgan fingerprint density at radius 2 is 1.73 bits per heavy atom. The summed E-state index contributed by atoms with van der Waals surface area (Å²) < 4.78 is 18.1. The number of nitrogens with zero attached hydrogens (tertiary/aromatic N) is 4. The molecule has 0 unspecified atom stereocenters. The number of nitrogen functional groups attached to an aromatic ring is 1. The number of aryl methyl sites for hydroxylation is 2. The SMILES string of the molecule is CCCCc1nc2c(N)nc3ccc(CCC(=O)CCCC(=O)ON4C(=O)CCC4=O)cc3c2n1Cc1cc(OP(=O)(O)O)ccc1O. The molecule has 4 aromatic rings. The van der Waals surface area contributed by atoms with Gasteiger partial charge in [0.2, 0.25) is 0 Å². The Labute approximate surface area is 274 Å². The summed E-state index contributed by atoms with van der Waals surface area (Å²) in [5.74, 6) is -1.25. The van der Waals surface area contributed by atoms with E-state index in [4.69, 9.17) is 20.1 Å². The number of anilines is 1. The molecule has 2 amide bonds. The van der Waals surface area contributed by atoms with Crippen LogP contribution in [0.1, 0.15) is 75.2 Å². The van der Waals surface area contributed by atoms with Gasteiger partial charge in [-0.2, -0.15) is 0 Å². The number of phenolic OH excluding ortho intramolecular Hbond substituents is 1. The molecular formula is C32H36N5O10P. The van der Waals surface area contributed by atoms with Gasteiger partial charge in [0.25, 0.3) is 11.8 Å². The standard InChI is InChI=1S/C32H36N5O10P/c1-2-3-6-26-35-30-31(36(26)18-20-17-22(11-13-25(20)39)47-48(43,44)45)23-16-19(9-12-24(23)34-32(30)33)8-10-21(38)5-4-7-29(42)46-37-27(40)14-15-28(37)41/h9,11-13,16-17,39H,2-8,10,14-15,18H2,1H3,(H2,33,34)(H2,43,44,45). The molecule has 48 heavy (non-hydrogen) atoms. The van der Waals surface area contributed by atoms with Gasteiger partial charge in [-0.3, -0.25) is 24.2 Å². The van der Waals surface area contributed by atoms with Gasteiger partial charge in [-0.05, 0) is 55.2 Å². The smallest absolute Gasteiger partial charge is 0.508 e. The summed E-state index contributed by atoms with van der Waals surface area (Å²) in [7, 11) is -4.83. The zero-order chi connectivity index (χ0) is 34.6. The molecule has 0 spiro atoms. The number of hydrogen-bond acceptors (Lipinski definition) is 11.